The fourth-order valence-corrected chi connectivity index (χ4v) is 3.23. The van der Waals surface area contributed by atoms with Gasteiger partial charge in [-0.15, -0.1) is 0 Å². The lowest BCUT2D eigenvalue weighted by molar-refractivity contribution is -0.119. The molecule has 0 heterocycles. The van der Waals surface area contributed by atoms with Crippen LogP contribution < -0.4 is 9.62 Å². The van der Waals surface area contributed by atoms with E-state index in [4.69, 9.17) is 4.74 Å². The second-order valence-electron chi connectivity index (χ2n) is 5.78. The number of methoxy groups -OCH3 is 1. The van der Waals surface area contributed by atoms with E-state index in [0.717, 1.165) is 19.7 Å². The van der Waals surface area contributed by atoms with Crippen LogP contribution >= 0.6 is 0 Å². The Kier molecular flexibility index (Phi) is 7.65. The molecule has 0 aromatic heterocycles. The van der Waals surface area contributed by atoms with Crippen LogP contribution in [0, 0.1) is 13.8 Å². The zero-order valence-corrected chi connectivity index (χ0v) is 15.8. The number of nitrogens with one attached hydrogen (secondary N) is 1. The monoisotopic (exact) mass is 357 g/mol. The Hall–Kier alpha value is -1.64. The van der Waals surface area contributed by atoms with Gasteiger partial charge >= 0.3 is 10.2 Å². The third-order valence-electron chi connectivity index (χ3n) is 3.51. The maximum Gasteiger partial charge on any atom is 0.304 e. The molecule has 0 aliphatic heterocycles. The zero-order valence-electron chi connectivity index (χ0n) is 15.0. The summed E-state index contributed by atoms with van der Waals surface area (Å²) in [6.07, 6.45) is 0.673. The van der Waals surface area contributed by atoms with Gasteiger partial charge in [-0.1, -0.05) is 12.1 Å². The number of anilines is 1. The maximum absolute atomic E-state index is 12.7. The summed E-state index contributed by atoms with van der Waals surface area (Å²) in [6, 6.07) is 5.53. The van der Waals surface area contributed by atoms with E-state index in [0.29, 0.717) is 25.3 Å². The van der Waals surface area contributed by atoms with Crippen molar-refractivity contribution >= 4 is 21.8 Å². The van der Waals surface area contributed by atoms with Crippen molar-refractivity contribution in [1.82, 2.24) is 9.62 Å². The number of ether oxygens (including phenoxy) is 1. The van der Waals surface area contributed by atoms with Gasteiger partial charge in [0.2, 0.25) is 5.91 Å². The number of nitrogens with zero attached hydrogens (tertiary/aromatic N) is 2. The molecular weight excluding hydrogens is 330 g/mol. The van der Waals surface area contributed by atoms with Crippen molar-refractivity contribution in [3.8, 4) is 0 Å². The average molecular weight is 357 g/mol. The van der Waals surface area contributed by atoms with E-state index in [2.05, 4.69) is 5.32 Å². The molecular formula is C16H27N3O4S. The summed E-state index contributed by atoms with van der Waals surface area (Å²) in [6.45, 7) is 4.42. The highest BCUT2D eigenvalue weighted by Gasteiger charge is 2.28. The zero-order chi connectivity index (χ0) is 18.3. The van der Waals surface area contributed by atoms with E-state index in [1.54, 1.807) is 13.2 Å². The number of carbonyl (C=O) groups is 1. The van der Waals surface area contributed by atoms with E-state index in [9.17, 15) is 13.2 Å². The summed E-state index contributed by atoms with van der Waals surface area (Å²) in [5.41, 5.74) is 2.23. The normalized spacial score (nSPS) is 11.6. The van der Waals surface area contributed by atoms with Crippen LogP contribution in [0.2, 0.25) is 0 Å². The predicted octanol–water partition coefficient (Wildman–Crippen LogP) is 1.07. The van der Waals surface area contributed by atoms with Crippen LogP contribution in [-0.4, -0.2) is 59.5 Å². The number of carbonyl (C=O) groups excluding carboxylic acids is 1. The summed E-state index contributed by atoms with van der Waals surface area (Å²) in [7, 11) is 0.707. The Morgan fingerprint density at radius 1 is 1.25 bits per heavy atom. The van der Waals surface area contributed by atoms with E-state index in [-0.39, 0.29) is 12.5 Å². The minimum atomic E-state index is -3.78. The summed E-state index contributed by atoms with van der Waals surface area (Å²) in [5, 5.41) is 2.72. The van der Waals surface area contributed by atoms with E-state index in [1.165, 1.54) is 14.1 Å². The predicted molar refractivity (Wildman–Crippen MR) is 95.4 cm³/mol. The summed E-state index contributed by atoms with van der Waals surface area (Å²) < 4.78 is 32.5. The third kappa shape index (κ3) is 5.47. The maximum atomic E-state index is 12.7. The smallest absolute Gasteiger partial charge is 0.304 e. The van der Waals surface area contributed by atoms with Crippen molar-refractivity contribution in [3.05, 3.63) is 29.3 Å². The van der Waals surface area contributed by atoms with Gasteiger partial charge in [-0.3, -0.25) is 4.79 Å². The molecule has 24 heavy (non-hydrogen) atoms. The van der Waals surface area contributed by atoms with Crippen LogP contribution in [0.4, 0.5) is 5.69 Å². The van der Waals surface area contributed by atoms with E-state index in [1.807, 2.05) is 26.0 Å². The molecule has 0 bridgehead atoms. The van der Waals surface area contributed by atoms with Gasteiger partial charge in [-0.05, 0) is 37.5 Å². The molecule has 8 heteroatoms. The Morgan fingerprint density at radius 2 is 1.92 bits per heavy atom. The van der Waals surface area contributed by atoms with Gasteiger partial charge in [0.25, 0.3) is 0 Å². The second kappa shape index (κ2) is 9.00. The van der Waals surface area contributed by atoms with Gasteiger partial charge in [0.1, 0.15) is 6.54 Å². The lowest BCUT2D eigenvalue weighted by Crippen LogP contribution is -2.46. The molecule has 1 aromatic carbocycles. The Balaban J connectivity index is 3.04. The molecule has 0 fully saturated rings. The average Bonchev–Trinajstić information content (AvgIpc) is 2.51. The third-order valence-corrected chi connectivity index (χ3v) is 5.31. The van der Waals surface area contributed by atoms with Gasteiger partial charge in [-0.25, -0.2) is 4.31 Å². The molecule has 0 atom stereocenters. The number of hydrogen-bond donors (Lipinski definition) is 1. The van der Waals surface area contributed by atoms with Crippen molar-refractivity contribution < 1.29 is 17.9 Å². The first kappa shape index (κ1) is 20.4. The van der Waals surface area contributed by atoms with Crippen molar-refractivity contribution in [3.63, 3.8) is 0 Å². The second-order valence-corrected chi connectivity index (χ2v) is 7.85. The summed E-state index contributed by atoms with van der Waals surface area (Å²) in [4.78, 5) is 12.2. The first-order valence-electron chi connectivity index (χ1n) is 7.73. The number of aryl methyl sites for hydroxylation is 2. The van der Waals surface area contributed by atoms with Crippen molar-refractivity contribution in [1.29, 1.82) is 0 Å². The molecule has 0 radical (unpaired) electrons. The number of amides is 1. The van der Waals surface area contributed by atoms with Crippen molar-refractivity contribution in [2.45, 2.75) is 20.3 Å². The van der Waals surface area contributed by atoms with Gasteiger partial charge in [0, 0.05) is 34.4 Å². The molecule has 1 N–H and O–H groups in total. The summed E-state index contributed by atoms with van der Waals surface area (Å²) in [5.74, 6) is -0.350. The molecule has 7 nitrogen and oxygen atoms in total. The van der Waals surface area contributed by atoms with Gasteiger partial charge < -0.3 is 10.1 Å². The molecule has 1 amide bonds. The summed E-state index contributed by atoms with van der Waals surface area (Å²) >= 11 is 0. The van der Waals surface area contributed by atoms with Gasteiger partial charge in [0.05, 0.1) is 5.69 Å². The topological polar surface area (TPSA) is 79.0 Å². The van der Waals surface area contributed by atoms with Gasteiger partial charge in [-0.2, -0.15) is 12.7 Å². The van der Waals surface area contributed by atoms with Crippen molar-refractivity contribution in [2.24, 2.45) is 0 Å². The first-order valence-corrected chi connectivity index (χ1v) is 9.13. The quantitative estimate of drug-likeness (QED) is 0.671. The van der Waals surface area contributed by atoms with Crippen molar-refractivity contribution in [2.75, 3.05) is 45.2 Å². The minimum Gasteiger partial charge on any atom is -0.385 e. The fraction of sp³-hybridized carbons (Fsp3) is 0.562. The highest BCUT2D eigenvalue weighted by atomic mass is 32.2. The van der Waals surface area contributed by atoms with Crippen LogP contribution in [0.5, 0.6) is 0 Å². The minimum absolute atomic E-state index is 0.266. The Morgan fingerprint density at radius 3 is 2.50 bits per heavy atom. The van der Waals surface area contributed by atoms with Gasteiger partial charge in [0.15, 0.2) is 0 Å². The molecule has 0 aliphatic carbocycles. The highest BCUT2D eigenvalue weighted by molar-refractivity contribution is 7.90. The van der Waals surface area contributed by atoms with Crippen LogP contribution in [0.3, 0.4) is 0 Å². The van der Waals surface area contributed by atoms with E-state index >= 15 is 0 Å². The lowest BCUT2D eigenvalue weighted by Gasteiger charge is -2.28. The molecule has 0 spiro atoms. The number of rotatable bonds is 9. The first-order chi connectivity index (χ1) is 11.2. The number of benzene rings is 1. The highest BCUT2D eigenvalue weighted by Crippen LogP contribution is 2.25. The molecule has 0 aliphatic rings. The van der Waals surface area contributed by atoms with Crippen LogP contribution in [-0.2, 0) is 19.7 Å². The standard InChI is InChI=1S/C16H27N3O4S/c1-13-7-8-14(2)15(11-13)19(24(21,22)18(3)4)12-16(20)17-9-6-10-23-5/h7-8,11H,6,9-10,12H2,1-5H3,(H,17,20). The molecule has 1 rings (SSSR count). The lowest BCUT2D eigenvalue weighted by atomic mass is 10.1. The fourth-order valence-electron chi connectivity index (χ4n) is 2.11. The Bertz CT molecular complexity index is 659. The van der Waals surface area contributed by atoms with Crippen LogP contribution in [0.15, 0.2) is 18.2 Å². The van der Waals surface area contributed by atoms with Crippen LogP contribution in [0.1, 0.15) is 17.5 Å². The molecule has 0 unspecified atom stereocenters. The largest absolute Gasteiger partial charge is 0.385 e. The van der Waals surface area contributed by atoms with Crippen LogP contribution in [0.25, 0.3) is 0 Å². The molecule has 136 valence electrons. The molecule has 1 aromatic rings. The molecule has 0 saturated heterocycles. The molecule has 0 saturated carbocycles. The SMILES string of the molecule is COCCCNC(=O)CN(c1cc(C)ccc1C)S(=O)(=O)N(C)C. The number of hydrogen-bond acceptors (Lipinski definition) is 4. The van der Waals surface area contributed by atoms with E-state index < -0.39 is 10.2 Å². The Labute approximate surface area is 144 Å².